The topological polar surface area (TPSA) is 103 Å². The predicted octanol–water partition coefficient (Wildman–Crippen LogP) is 4.45. The summed E-state index contributed by atoms with van der Waals surface area (Å²) in [6.07, 6.45) is 1.80. The van der Waals surface area contributed by atoms with Gasteiger partial charge < -0.3 is 24.8 Å². The number of nitrogens with one attached hydrogen (secondary N) is 2. The number of rotatable bonds is 13. The lowest BCUT2D eigenvalue weighted by atomic mass is 10.0. The molecule has 2 N–H and O–H groups in total. The molecule has 2 rings (SSSR count). The molecule has 0 aliphatic rings. The lowest BCUT2D eigenvalue weighted by Crippen LogP contribution is -2.43. The fourth-order valence-corrected chi connectivity index (χ4v) is 3.81. The molecular formula is C26H32Cl2N2O6. The van der Waals surface area contributed by atoms with Gasteiger partial charge in [-0.2, -0.15) is 0 Å². The van der Waals surface area contributed by atoms with Crippen molar-refractivity contribution in [1.82, 2.24) is 10.6 Å². The Bertz CT molecular complexity index is 1050. The molecule has 0 fully saturated rings. The molecule has 2 aromatic rings. The highest BCUT2D eigenvalue weighted by Crippen LogP contribution is 2.43. The molecule has 10 heteroatoms. The Hall–Kier alpha value is -2.81. The minimum atomic E-state index is -1.00. The summed E-state index contributed by atoms with van der Waals surface area (Å²) in [5.41, 5.74) is 0.709. The van der Waals surface area contributed by atoms with Gasteiger partial charge in [0.1, 0.15) is 11.1 Å². The Morgan fingerprint density at radius 1 is 1.00 bits per heavy atom. The first-order valence-corrected chi connectivity index (χ1v) is 12.4. The first-order valence-electron chi connectivity index (χ1n) is 11.6. The Morgan fingerprint density at radius 3 is 2.31 bits per heavy atom. The van der Waals surface area contributed by atoms with Crippen LogP contribution in [0.4, 0.5) is 0 Å². The molecule has 2 aromatic carbocycles. The van der Waals surface area contributed by atoms with Crippen LogP contribution in [0.25, 0.3) is 0 Å². The van der Waals surface area contributed by atoms with Gasteiger partial charge in [-0.3, -0.25) is 9.59 Å². The molecule has 0 aliphatic carbocycles. The van der Waals surface area contributed by atoms with E-state index < -0.39 is 29.8 Å². The number of benzene rings is 2. The van der Waals surface area contributed by atoms with E-state index in [1.54, 1.807) is 13.8 Å². The molecule has 0 heterocycles. The fourth-order valence-electron chi connectivity index (χ4n) is 3.20. The van der Waals surface area contributed by atoms with Gasteiger partial charge in [0.2, 0.25) is 0 Å². The lowest BCUT2D eigenvalue weighted by Gasteiger charge is -2.20. The molecule has 8 nitrogen and oxygen atoms in total. The van der Waals surface area contributed by atoms with Crippen LogP contribution in [0.3, 0.4) is 0 Å². The highest BCUT2D eigenvalue weighted by atomic mass is 35.5. The van der Waals surface area contributed by atoms with Crippen molar-refractivity contribution in [2.45, 2.75) is 39.2 Å². The number of ether oxygens (including phenoxy) is 3. The van der Waals surface area contributed by atoms with Crippen molar-refractivity contribution in [1.29, 1.82) is 0 Å². The average Bonchev–Trinajstić information content (AvgIpc) is 2.86. The van der Waals surface area contributed by atoms with Gasteiger partial charge in [-0.1, -0.05) is 67.4 Å². The normalized spacial score (nSPS) is 11.6. The second-order valence-electron chi connectivity index (χ2n) is 8.35. The molecule has 0 bridgehead atoms. The van der Waals surface area contributed by atoms with Gasteiger partial charge in [-0.25, -0.2) is 4.79 Å². The maximum Gasteiger partial charge on any atom is 0.328 e. The van der Waals surface area contributed by atoms with Crippen LogP contribution in [-0.4, -0.2) is 51.2 Å². The zero-order valence-corrected chi connectivity index (χ0v) is 22.4. The van der Waals surface area contributed by atoms with Gasteiger partial charge >= 0.3 is 11.9 Å². The minimum absolute atomic E-state index is 0.0702. The molecule has 0 saturated heterocycles. The quantitative estimate of drug-likeness (QED) is 0.220. The number of hydrogen-bond donors (Lipinski definition) is 2. The molecule has 0 aromatic heterocycles. The summed E-state index contributed by atoms with van der Waals surface area (Å²) in [5, 5.41) is 5.66. The Balaban J connectivity index is 2.38. The molecule has 0 unspecified atom stereocenters. The molecule has 1 amide bonds. The lowest BCUT2D eigenvalue weighted by molar-refractivity contribution is -0.143. The molecular weight excluding hydrogens is 507 g/mol. The van der Waals surface area contributed by atoms with Gasteiger partial charge in [-0.15, -0.1) is 0 Å². The largest absolute Gasteiger partial charge is 0.490 e. The summed E-state index contributed by atoms with van der Waals surface area (Å²) in [6, 6.07) is 9.46. The number of carbonyl (C=O) groups excluding carboxylic acids is 3. The SMILES string of the molecule is CNCCCCOc1c(Cl)cc(C(=O)N[C@@H](Cc2ccccc2)C(=O)OC)c(OC(=O)C(C)C)c1Cl. The van der Waals surface area contributed by atoms with E-state index in [0.717, 1.165) is 24.9 Å². The smallest absolute Gasteiger partial charge is 0.328 e. The molecule has 36 heavy (non-hydrogen) atoms. The van der Waals surface area contributed by atoms with Gasteiger partial charge in [0.05, 0.1) is 30.2 Å². The van der Waals surface area contributed by atoms with E-state index in [4.69, 9.17) is 37.4 Å². The molecule has 0 aliphatic heterocycles. The second kappa shape index (κ2) is 14.7. The first-order chi connectivity index (χ1) is 17.2. The molecule has 196 valence electrons. The highest BCUT2D eigenvalue weighted by Gasteiger charge is 2.29. The van der Waals surface area contributed by atoms with Crippen molar-refractivity contribution < 1.29 is 28.6 Å². The van der Waals surface area contributed by atoms with Crippen molar-refractivity contribution >= 4 is 41.0 Å². The Kier molecular flexibility index (Phi) is 12.0. The van der Waals surface area contributed by atoms with Crippen LogP contribution in [0.2, 0.25) is 10.0 Å². The van der Waals surface area contributed by atoms with Crippen molar-refractivity contribution in [3.05, 3.63) is 57.6 Å². The first kappa shape index (κ1) is 29.4. The number of methoxy groups -OCH3 is 1. The Morgan fingerprint density at radius 2 is 1.69 bits per heavy atom. The van der Waals surface area contributed by atoms with Crippen molar-refractivity contribution in [3.63, 3.8) is 0 Å². The van der Waals surface area contributed by atoms with E-state index in [0.29, 0.717) is 6.61 Å². The number of halogens is 2. The van der Waals surface area contributed by atoms with Crippen molar-refractivity contribution in [3.8, 4) is 11.5 Å². The summed E-state index contributed by atoms with van der Waals surface area (Å²) >= 11 is 12.9. The number of amides is 1. The third-order valence-corrected chi connectivity index (χ3v) is 5.82. The minimum Gasteiger partial charge on any atom is -0.490 e. The van der Waals surface area contributed by atoms with E-state index >= 15 is 0 Å². The van der Waals surface area contributed by atoms with E-state index in [-0.39, 0.29) is 33.5 Å². The van der Waals surface area contributed by atoms with E-state index in [9.17, 15) is 14.4 Å². The van der Waals surface area contributed by atoms with Crippen molar-refractivity contribution in [2.75, 3.05) is 27.3 Å². The predicted molar refractivity (Wildman–Crippen MR) is 139 cm³/mol. The molecule has 0 saturated carbocycles. The molecule has 0 radical (unpaired) electrons. The number of unbranched alkanes of at least 4 members (excludes halogenated alkanes) is 1. The highest BCUT2D eigenvalue weighted by molar-refractivity contribution is 6.39. The van der Waals surface area contributed by atoms with Gasteiger partial charge in [0.25, 0.3) is 5.91 Å². The van der Waals surface area contributed by atoms with Crippen LogP contribution in [0.15, 0.2) is 36.4 Å². The zero-order valence-electron chi connectivity index (χ0n) is 20.9. The molecule has 1 atom stereocenters. The van der Waals surface area contributed by atoms with Gasteiger partial charge in [0, 0.05) is 6.42 Å². The van der Waals surface area contributed by atoms with Crippen molar-refractivity contribution in [2.24, 2.45) is 5.92 Å². The number of esters is 2. The summed E-state index contributed by atoms with van der Waals surface area (Å²) < 4.78 is 16.1. The maximum absolute atomic E-state index is 13.3. The maximum atomic E-state index is 13.3. The van der Waals surface area contributed by atoms with E-state index in [1.807, 2.05) is 37.4 Å². The number of carbonyl (C=O) groups is 3. The average molecular weight is 539 g/mol. The van der Waals surface area contributed by atoms with Crippen LogP contribution in [0.5, 0.6) is 11.5 Å². The summed E-state index contributed by atoms with van der Waals surface area (Å²) in [5.74, 6) is -2.50. The monoisotopic (exact) mass is 538 g/mol. The molecule has 0 spiro atoms. The van der Waals surface area contributed by atoms with Crippen LogP contribution in [0.1, 0.15) is 42.6 Å². The zero-order chi connectivity index (χ0) is 26.7. The van der Waals surface area contributed by atoms with Crippen LogP contribution in [0, 0.1) is 5.92 Å². The summed E-state index contributed by atoms with van der Waals surface area (Å²) in [7, 11) is 3.09. The van der Waals surface area contributed by atoms with E-state index in [2.05, 4.69) is 10.6 Å². The second-order valence-corrected chi connectivity index (χ2v) is 9.14. The van der Waals surface area contributed by atoms with Crippen LogP contribution in [-0.2, 0) is 20.7 Å². The van der Waals surface area contributed by atoms with Gasteiger partial charge in [0.15, 0.2) is 11.5 Å². The third kappa shape index (κ3) is 8.40. The fraction of sp³-hybridized carbons (Fsp3) is 0.423. The third-order valence-electron chi connectivity index (χ3n) is 5.19. The standard InChI is InChI=1S/C26H32Cl2N2O6/c1-16(2)25(32)36-22-18(15-19(27)23(21(22)28)35-13-9-8-12-29-3)24(31)30-20(26(33)34-4)14-17-10-6-5-7-11-17/h5-7,10-11,15-16,20,29H,8-9,12-14H2,1-4H3,(H,30,31)/t20-/m0/s1. The summed E-state index contributed by atoms with van der Waals surface area (Å²) in [6.45, 7) is 4.45. The number of hydrogen-bond acceptors (Lipinski definition) is 7. The Labute approximate surface area is 221 Å². The van der Waals surface area contributed by atoms with Crippen LogP contribution < -0.4 is 20.1 Å². The summed E-state index contributed by atoms with van der Waals surface area (Å²) in [4.78, 5) is 38.1. The van der Waals surface area contributed by atoms with Crippen LogP contribution >= 0.6 is 23.2 Å². The van der Waals surface area contributed by atoms with Gasteiger partial charge in [-0.05, 0) is 38.1 Å². The van der Waals surface area contributed by atoms with E-state index in [1.165, 1.54) is 13.2 Å².